The fraction of sp³-hybridized carbons (Fsp3) is 0.250. The fourth-order valence-corrected chi connectivity index (χ4v) is 3.02. The second-order valence-electron chi connectivity index (χ2n) is 7.03. The minimum Gasteiger partial charge on any atom is -0.395 e. The lowest BCUT2D eigenvalue weighted by molar-refractivity contribution is -0.124. The lowest BCUT2D eigenvalue weighted by Gasteiger charge is -2.21. The molecule has 0 atom stereocenters. The van der Waals surface area contributed by atoms with Crippen LogP contribution in [0.1, 0.15) is 16.8 Å². The van der Waals surface area contributed by atoms with Crippen molar-refractivity contribution in [1.82, 2.24) is 25.7 Å². The van der Waals surface area contributed by atoms with Crippen LogP contribution in [0.2, 0.25) is 0 Å². The highest BCUT2D eigenvalue weighted by Gasteiger charge is 2.07. The van der Waals surface area contributed by atoms with Crippen LogP contribution in [0.3, 0.4) is 0 Å². The normalized spacial score (nSPS) is 10.8. The number of aromatic amines is 1. The third-order valence-electron chi connectivity index (χ3n) is 4.72. The van der Waals surface area contributed by atoms with Gasteiger partial charge in [0.1, 0.15) is 0 Å². The maximum atomic E-state index is 11.0. The Morgan fingerprint density at radius 1 is 1.25 bits per heavy atom. The molecule has 0 aliphatic carbocycles. The van der Waals surface area contributed by atoms with Crippen LogP contribution < -0.4 is 10.8 Å². The highest BCUT2D eigenvalue weighted by atomic mass is 16.5. The van der Waals surface area contributed by atoms with E-state index in [-0.39, 0.29) is 6.61 Å². The topological polar surface area (TPSA) is 114 Å². The van der Waals surface area contributed by atoms with E-state index in [1.54, 1.807) is 17.8 Å². The van der Waals surface area contributed by atoms with Crippen LogP contribution >= 0.6 is 0 Å². The smallest absolute Gasteiger partial charge is 0.267 e. The number of nitrogens with one attached hydrogen (secondary N) is 3. The summed E-state index contributed by atoms with van der Waals surface area (Å²) >= 11 is 0. The van der Waals surface area contributed by atoms with E-state index < -0.39 is 5.91 Å². The number of H-pyrrole nitrogens is 1. The number of benzene rings is 1. The predicted molar refractivity (Wildman–Crippen MR) is 127 cm³/mol. The first-order valence-corrected chi connectivity index (χ1v) is 10.3. The molecule has 0 saturated heterocycles. The van der Waals surface area contributed by atoms with Crippen LogP contribution in [-0.2, 0) is 17.8 Å². The van der Waals surface area contributed by atoms with Crippen LogP contribution in [0.5, 0.6) is 0 Å². The first kappa shape index (κ1) is 24.8. The van der Waals surface area contributed by atoms with Crippen molar-refractivity contribution in [3.63, 3.8) is 0 Å². The van der Waals surface area contributed by atoms with Gasteiger partial charge in [-0.3, -0.25) is 19.9 Å². The SMILES string of the molecule is C=CNC.O=C(/C=C/c1ccc(CN(CCO)CCc2cc3cc[nH]c3cn2)cc1)NO. The van der Waals surface area contributed by atoms with Crippen molar-refractivity contribution >= 4 is 22.9 Å². The molecular formula is C24H31N5O3. The van der Waals surface area contributed by atoms with Crippen molar-refractivity contribution in [3.8, 4) is 0 Å². The molecule has 8 nitrogen and oxygen atoms in total. The van der Waals surface area contributed by atoms with Gasteiger partial charge in [0.25, 0.3) is 5.91 Å². The van der Waals surface area contributed by atoms with E-state index in [0.717, 1.165) is 40.7 Å². The standard InChI is InChI=1S/C21H24N4O3.C3H7N/c26-12-11-25(10-8-19-13-18-7-9-22-20(18)14-23-19)15-17-3-1-16(2-4-17)5-6-21(27)24-28;1-3-4-2/h1-7,9,13-14,22,26,28H,8,10-12,15H2,(H,24,27);3-4H,1H2,2H3/b6-5+;. The minimum atomic E-state index is -0.565. The molecular weight excluding hydrogens is 406 g/mol. The summed E-state index contributed by atoms with van der Waals surface area (Å²) in [6.07, 6.45) is 9.08. The number of nitrogens with zero attached hydrogens (tertiary/aromatic N) is 2. The molecule has 170 valence electrons. The van der Waals surface area contributed by atoms with Crippen molar-refractivity contribution in [2.75, 3.05) is 26.7 Å². The van der Waals surface area contributed by atoms with Gasteiger partial charge in [-0.25, -0.2) is 5.48 Å². The van der Waals surface area contributed by atoms with Gasteiger partial charge in [-0.15, -0.1) is 0 Å². The van der Waals surface area contributed by atoms with Crippen LogP contribution in [0, 0.1) is 0 Å². The average molecular weight is 438 g/mol. The zero-order valence-electron chi connectivity index (χ0n) is 18.3. The Morgan fingerprint density at radius 3 is 2.66 bits per heavy atom. The monoisotopic (exact) mass is 437 g/mol. The quantitative estimate of drug-likeness (QED) is 0.189. The van der Waals surface area contributed by atoms with Crippen molar-refractivity contribution in [2.45, 2.75) is 13.0 Å². The summed E-state index contributed by atoms with van der Waals surface area (Å²) in [7, 11) is 1.81. The van der Waals surface area contributed by atoms with Crippen LogP contribution in [0.4, 0.5) is 0 Å². The zero-order chi connectivity index (χ0) is 23.2. The van der Waals surface area contributed by atoms with Gasteiger partial charge < -0.3 is 15.4 Å². The van der Waals surface area contributed by atoms with Crippen molar-refractivity contribution < 1.29 is 15.1 Å². The molecule has 8 heteroatoms. The number of hydroxylamine groups is 1. The number of pyridine rings is 1. The number of aliphatic hydroxyl groups excluding tert-OH is 1. The van der Waals surface area contributed by atoms with Gasteiger partial charge in [0, 0.05) is 56.5 Å². The summed E-state index contributed by atoms with van der Waals surface area (Å²) in [5.74, 6) is -0.565. The number of hydrogen-bond acceptors (Lipinski definition) is 6. The third-order valence-corrected chi connectivity index (χ3v) is 4.72. The second kappa shape index (κ2) is 13.8. The van der Waals surface area contributed by atoms with E-state index in [2.05, 4.69) is 32.8 Å². The van der Waals surface area contributed by atoms with Gasteiger partial charge in [0.05, 0.1) is 18.3 Å². The van der Waals surface area contributed by atoms with Gasteiger partial charge >= 0.3 is 0 Å². The molecule has 0 unspecified atom stereocenters. The Balaban J connectivity index is 0.000000837. The van der Waals surface area contributed by atoms with E-state index >= 15 is 0 Å². The molecule has 0 saturated carbocycles. The first-order chi connectivity index (χ1) is 15.6. The molecule has 1 amide bonds. The number of aliphatic hydroxyl groups is 1. The molecule has 1 aromatic carbocycles. The zero-order valence-corrected chi connectivity index (χ0v) is 18.3. The Hall–Kier alpha value is -3.46. The van der Waals surface area contributed by atoms with Gasteiger partial charge in [0.15, 0.2) is 0 Å². The predicted octanol–water partition coefficient (Wildman–Crippen LogP) is 2.47. The molecule has 0 fully saturated rings. The lowest BCUT2D eigenvalue weighted by atomic mass is 10.1. The van der Waals surface area contributed by atoms with Crippen LogP contribution in [0.15, 0.2) is 67.6 Å². The van der Waals surface area contributed by atoms with Crippen molar-refractivity contribution in [3.05, 3.63) is 84.5 Å². The van der Waals surface area contributed by atoms with Crippen LogP contribution in [0.25, 0.3) is 17.0 Å². The molecule has 0 bridgehead atoms. The van der Waals surface area contributed by atoms with Gasteiger partial charge in [-0.05, 0) is 35.5 Å². The number of carbonyl (C=O) groups excluding carboxylic acids is 1. The average Bonchev–Trinajstić information content (AvgIpc) is 3.30. The van der Waals surface area contributed by atoms with Gasteiger partial charge in [-0.2, -0.15) is 0 Å². The van der Waals surface area contributed by atoms with Crippen molar-refractivity contribution in [2.24, 2.45) is 0 Å². The Kier molecular flexibility index (Phi) is 10.7. The van der Waals surface area contributed by atoms with E-state index in [1.807, 2.05) is 49.8 Å². The lowest BCUT2D eigenvalue weighted by Crippen LogP contribution is -2.28. The van der Waals surface area contributed by atoms with E-state index in [9.17, 15) is 9.90 Å². The highest BCUT2D eigenvalue weighted by molar-refractivity contribution is 5.90. The molecule has 2 aromatic heterocycles. The number of rotatable bonds is 10. The Bertz CT molecular complexity index is 998. The van der Waals surface area contributed by atoms with E-state index in [0.29, 0.717) is 13.1 Å². The Labute approximate surface area is 188 Å². The number of fused-ring (bicyclic) bond motifs is 1. The molecule has 0 aliphatic rings. The summed E-state index contributed by atoms with van der Waals surface area (Å²) in [4.78, 5) is 20.9. The van der Waals surface area contributed by atoms with Crippen LogP contribution in [-0.4, -0.2) is 57.8 Å². The second-order valence-corrected chi connectivity index (χ2v) is 7.03. The summed E-state index contributed by atoms with van der Waals surface area (Å²) < 4.78 is 0. The molecule has 0 radical (unpaired) electrons. The third kappa shape index (κ3) is 8.35. The molecule has 0 spiro atoms. The molecule has 5 N–H and O–H groups in total. The molecule has 3 aromatic rings. The van der Waals surface area contributed by atoms with Crippen molar-refractivity contribution in [1.29, 1.82) is 0 Å². The molecule has 3 rings (SSSR count). The molecule has 2 heterocycles. The number of carbonyl (C=O) groups is 1. The first-order valence-electron chi connectivity index (χ1n) is 10.3. The fourth-order valence-electron chi connectivity index (χ4n) is 3.02. The number of amides is 1. The Morgan fingerprint density at radius 2 is 2.00 bits per heavy atom. The summed E-state index contributed by atoms with van der Waals surface area (Å²) in [5, 5.41) is 21.7. The summed E-state index contributed by atoms with van der Waals surface area (Å²) in [6, 6.07) is 11.9. The highest BCUT2D eigenvalue weighted by Crippen LogP contribution is 2.13. The summed E-state index contributed by atoms with van der Waals surface area (Å²) in [5.41, 5.74) is 5.60. The number of hydrogen-bond donors (Lipinski definition) is 5. The van der Waals surface area contributed by atoms with E-state index in [4.69, 9.17) is 5.21 Å². The summed E-state index contributed by atoms with van der Waals surface area (Å²) in [6.45, 7) is 5.56. The van der Waals surface area contributed by atoms with E-state index in [1.165, 1.54) is 6.08 Å². The largest absolute Gasteiger partial charge is 0.395 e. The van der Waals surface area contributed by atoms with Gasteiger partial charge in [-0.1, -0.05) is 30.8 Å². The number of aromatic nitrogens is 2. The maximum Gasteiger partial charge on any atom is 0.267 e. The maximum absolute atomic E-state index is 11.0. The molecule has 0 aliphatic heterocycles. The molecule has 32 heavy (non-hydrogen) atoms. The van der Waals surface area contributed by atoms with Gasteiger partial charge in [0.2, 0.25) is 0 Å². The minimum absolute atomic E-state index is 0.0986.